The first-order chi connectivity index (χ1) is 11.0. The SMILES string of the molecule is Cc1ccc(C(CNC(=O)[C@@H](N)CC(C)C)N2CCCC2)cc1. The van der Waals surface area contributed by atoms with Crippen LogP contribution in [0.25, 0.3) is 0 Å². The molecule has 128 valence electrons. The molecule has 1 heterocycles. The fourth-order valence-electron chi connectivity index (χ4n) is 3.24. The van der Waals surface area contributed by atoms with Gasteiger partial charge in [0.1, 0.15) is 0 Å². The number of nitrogens with zero attached hydrogens (tertiary/aromatic N) is 1. The first-order valence-corrected chi connectivity index (χ1v) is 8.81. The number of hydrogen-bond donors (Lipinski definition) is 2. The van der Waals surface area contributed by atoms with Crippen molar-refractivity contribution in [1.82, 2.24) is 10.2 Å². The Morgan fingerprint density at radius 3 is 2.39 bits per heavy atom. The summed E-state index contributed by atoms with van der Waals surface area (Å²) in [6, 6.07) is 8.48. The molecule has 4 heteroatoms. The minimum atomic E-state index is -0.410. The van der Waals surface area contributed by atoms with Crippen LogP contribution < -0.4 is 11.1 Å². The smallest absolute Gasteiger partial charge is 0.236 e. The summed E-state index contributed by atoms with van der Waals surface area (Å²) < 4.78 is 0. The average Bonchev–Trinajstić information content (AvgIpc) is 3.02. The Morgan fingerprint density at radius 2 is 1.83 bits per heavy atom. The zero-order chi connectivity index (χ0) is 16.8. The number of rotatable bonds is 7. The summed E-state index contributed by atoms with van der Waals surface area (Å²) in [4.78, 5) is 14.7. The maximum Gasteiger partial charge on any atom is 0.236 e. The number of likely N-dealkylation sites (tertiary alicyclic amines) is 1. The largest absolute Gasteiger partial charge is 0.353 e. The molecular weight excluding hydrogens is 286 g/mol. The molecule has 1 saturated heterocycles. The van der Waals surface area contributed by atoms with Gasteiger partial charge in [0, 0.05) is 6.54 Å². The van der Waals surface area contributed by atoms with Crippen LogP contribution in [-0.2, 0) is 4.79 Å². The maximum atomic E-state index is 12.2. The summed E-state index contributed by atoms with van der Waals surface area (Å²) in [7, 11) is 0. The number of nitrogens with two attached hydrogens (primary N) is 1. The number of carbonyl (C=O) groups excluding carboxylic acids is 1. The third-order valence-electron chi connectivity index (χ3n) is 4.58. The highest BCUT2D eigenvalue weighted by molar-refractivity contribution is 5.81. The number of nitrogens with one attached hydrogen (secondary N) is 1. The molecule has 1 aliphatic rings. The maximum absolute atomic E-state index is 12.2. The lowest BCUT2D eigenvalue weighted by atomic mass is 10.0. The molecule has 1 fully saturated rings. The van der Waals surface area contributed by atoms with Gasteiger partial charge in [-0.3, -0.25) is 9.69 Å². The molecule has 1 aromatic rings. The highest BCUT2D eigenvalue weighted by atomic mass is 16.2. The van der Waals surface area contributed by atoms with E-state index >= 15 is 0 Å². The van der Waals surface area contributed by atoms with Crippen LogP contribution in [0.3, 0.4) is 0 Å². The quantitative estimate of drug-likeness (QED) is 0.813. The number of carbonyl (C=O) groups is 1. The second-order valence-corrected chi connectivity index (χ2v) is 7.15. The Bertz CT molecular complexity index is 492. The molecule has 1 aliphatic heterocycles. The van der Waals surface area contributed by atoms with Crippen LogP contribution in [0.1, 0.15) is 50.3 Å². The van der Waals surface area contributed by atoms with E-state index in [1.807, 2.05) is 0 Å². The Hall–Kier alpha value is -1.39. The molecule has 1 aromatic carbocycles. The minimum absolute atomic E-state index is 0.0324. The summed E-state index contributed by atoms with van der Waals surface area (Å²) >= 11 is 0. The average molecular weight is 317 g/mol. The molecule has 4 nitrogen and oxygen atoms in total. The van der Waals surface area contributed by atoms with Crippen LogP contribution in [0, 0.1) is 12.8 Å². The van der Waals surface area contributed by atoms with Gasteiger partial charge in [-0.15, -0.1) is 0 Å². The Kier molecular flexibility index (Phi) is 6.60. The van der Waals surface area contributed by atoms with Gasteiger partial charge in [0.2, 0.25) is 5.91 Å². The van der Waals surface area contributed by atoms with E-state index in [1.54, 1.807) is 0 Å². The summed E-state index contributed by atoms with van der Waals surface area (Å²) in [6.45, 7) is 9.12. The van der Waals surface area contributed by atoms with Crippen molar-refractivity contribution in [3.05, 3.63) is 35.4 Å². The summed E-state index contributed by atoms with van der Waals surface area (Å²) in [5.74, 6) is 0.400. The summed E-state index contributed by atoms with van der Waals surface area (Å²) in [6.07, 6.45) is 3.21. The fraction of sp³-hybridized carbons (Fsp3) is 0.632. The van der Waals surface area contributed by atoms with E-state index in [0.29, 0.717) is 12.5 Å². The van der Waals surface area contributed by atoms with E-state index < -0.39 is 6.04 Å². The molecule has 1 unspecified atom stereocenters. The first-order valence-electron chi connectivity index (χ1n) is 8.81. The van der Waals surface area contributed by atoms with E-state index in [2.05, 4.69) is 55.3 Å². The van der Waals surface area contributed by atoms with Crippen molar-refractivity contribution >= 4 is 5.91 Å². The Morgan fingerprint density at radius 1 is 1.22 bits per heavy atom. The lowest BCUT2D eigenvalue weighted by Crippen LogP contribution is -2.44. The van der Waals surface area contributed by atoms with Crippen molar-refractivity contribution in [2.45, 2.75) is 52.1 Å². The van der Waals surface area contributed by atoms with Crippen LogP contribution in [0.4, 0.5) is 0 Å². The van der Waals surface area contributed by atoms with E-state index in [-0.39, 0.29) is 11.9 Å². The molecule has 0 spiro atoms. The minimum Gasteiger partial charge on any atom is -0.353 e. The topological polar surface area (TPSA) is 58.4 Å². The molecule has 1 amide bonds. The molecular formula is C19H31N3O. The predicted octanol–water partition coefficient (Wildman–Crippen LogP) is 2.62. The third-order valence-corrected chi connectivity index (χ3v) is 4.58. The monoisotopic (exact) mass is 317 g/mol. The molecule has 0 saturated carbocycles. The van der Waals surface area contributed by atoms with Gasteiger partial charge in [-0.05, 0) is 50.8 Å². The number of aryl methyl sites for hydroxylation is 1. The van der Waals surface area contributed by atoms with Crippen molar-refractivity contribution in [2.24, 2.45) is 11.7 Å². The van der Waals surface area contributed by atoms with Crippen LogP contribution in [0.2, 0.25) is 0 Å². The summed E-state index contributed by atoms with van der Waals surface area (Å²) in [5, 5.41) is 3.07. The van der Waals surface area contributed by atoms with Gasteiger partial charge in [-0.2, -0.15) is 0 Å². The third kappa shape index (κ3) is 5.33. The van der Waals surface area contributed by atoms with Crippen molar-refractivity contribution in [3.63, 3.8) is 0 Å². The predicted molar refractivity (Wildman–Crippen MR) is 95.2 cm³/mol. The van der Waals surface area contributed by atoms with Gasteiger partial charge in [0.25, 0.3) is 0 Å². The lowest BCUT2D eigenvalue weighted by Gasteiger charge is -2.29. The van der Waals surface area contributed by atoms with Gasteiger partial charge < -0.3 is 11.1 Å². The van der Waals surface area contributed by atoms with Crippen LogP contribution in [0.15, 0.2) is 24.3 Å². The van der Waals surface area contributed by atoms with E-state index in [4.69, 9.17) is 5.73 Å². The molecule has 0 aromatic heterocycles. The first kappa shape index (κ1) is 18.0. The molecule has 2 atom stereocenters. The Labute approximate surface area is 140 Å². The van der Waals surface area contributed by atoms with Crippen LogP contribution in [0.5, 0.6) is 0 Å². The van der Waals surface area contributed by atoms with Gasteiger partial charge in [-0.25, -0.2) is 0 Å². The van der Waals surface area contributed by atoms with Gasteiger partial charge in [0.15, 0.2) is 0 Å². The molecule has 2 rings (SSSR count). The normalized spacial score (nSPS) is 18.1. The van der Waals surface area contributed by atoms with Gasteiger partial charge >= 0.3 is 0 Å². The van der Waals surface area contributed by atoms with Gasteiger partial charge in [-0.1, -0.05) is 43.7 Å². The lowest BCUT2D eigenvalue weighted by molar-refractivity contribution is -0.122. The van der Waals surface area contributed by atoms with E-state index in [0.717, 1.165) is 19.5 Å². The molecule has 0 bridgehead atoms. The zero-order valence-electron chi connectivity index (χ0n) is 14.7. The number of benzene rings is 1. The van der Waals surface area contributed by atoms with Crippen molar-refractivity contribution in [3.8, 4) is 0 Å². The Balaban J connectivity index is 2.00. The van der Waals surface area contributed by atoms with E-state index in [1.165, 1.54) is 24.0 Å². The number of hydrogen-bond acceptors (Lipinski definition) is 3. The number of amides is 1. The molecule has 0 radical (unpaired) electrons. The van der Waals surface area contributed by atoms with Crippen LogP contribution in [-0.4, -0.2) is 36.5 Å². The van der Waals surface area contributed by atoms with Crippen LogP contribution >= 0.6 is 0 Å². The highest BCUT2D eigenvalue weighted by Gasteiger charge is 2.25. The van der Waals surface area contributed by atoms with Crippen molar-refractivity contribution in [2.75, 3.05) is 19.6 Å². The van der Waals surface area contributed by atoms with Crippen molar-refractivity contribution < 1.29 is 4.79 Å². The molecule has 23 heavy (non-hydrogen) atoms. The summed E-state index contributed by atoms with van der Waals surface area (Å²) in [5.41, 5.74) is 8.53. The second-order valence-electron chi connectivity index (χ2n) is 7.15. The highest BCUT2D eigenvalue weighted by Crippen LogP contribution is 2.25. The van der Waals surface area contributed by atoms with E-state index in [9.17, 15) is 4.79 Å². The molecule has 0 aliphatic carbocycles. The van der Waals surface area contributed by atoms with Gasteiger partial charge in [0.05, 0.1) is 12.1 Å². The fourth-order valence-corrected chi connectivity index (χ4v) is 3.24. The van der Waals surface area contributed by atoms with Crippen molar-refractivity contribution in [1.29, 1.82) is 0 Å². The molecule has 3 N–H and O–H groups in total. The zero-order valence-corrected chi connectivity index (χ0v) is 14.7. The second kappa shape index (κ2) is 8.46. The standard InChI is InChI=1S/C19H31N3O/c1-14(2)12-17(20)19(23)21-13-18(22-10-4-5-11-22)16-8-6-15(3)7-9-16/h6-9,14,17-18H,4-5,10-13,20H2,1-3H3,(H,21,23)/t17-,18?/m0/s1.